The second-order valence-electron chi connectivity index (χ2n) is 11.6. The van der Waals surface area contributed by atoms with E-state index in [0.29, 0.717) is 31.6 Å². The molecular formula is C30H42N8O6S2. The number of amides is 3. The summed E-state index contributed by atoms with van der Waals surface area (Å²) in [5.41, 5.74) is 6.26. The summed E-state index contributed by atoms with van der Waals surface area (Å²) in [6.45, 7) is 2.21. The van der Waals surface area contributed by atoms with Gasteiger partial charge in [-0.15, -0.1) is 11.3 Å². The van der Waals surface area contributed by atoms with Crippen molar-refractivity contribution in [2.24, 2.45) is 11.7 Å². The van der Waals surface area contributed by atoms with Crippen molar-refractivity contribution in [1.29, 1.82) is 5.41 Å². The zero-order valence-electron chi connectivity index (χ0n) is 25.9. The monoisotopic (exact) mass is 674 g/mol. The van der Waals surface area contributed by atoms with Gasteiger partial charge in [0, 0.05) is 37.8 Å². The topological polar surface area (TPSA) is 199 Å². The van der Waals surface area contributed by atoms with E-state index in [1.54, 1.807) is 40.6 Å². The second kappa shape index (κ2) is 16.1. The molecule has 3 amide bonds. The Kier molecular flexibility index (Phi) is 12.2. The Morgan fingerprint density at radius 1 is 1.22 bits per heavy atom. The molecule has 3 unspecified atom stereocenters. The first-order valence-electron chi connectivity index (χ1n) is 15.4. The van der Waals surface area contributed by atoms with Crippen LogP contribution in [0.15, 0.2) is 41.9 Å². The van der Waals surface area contributed by atoms with E-state index in [1.807, 2.05) is 6.92 Å². The third kappa shape index (κ3) is 9.56. The fourth-order valence-electron chi connectivity index (χ4n) is 5.76. The predicted molar refractivity (Wildman–Crippen MR) is 173 cm³/mol. The number of ketones is 1. The summed E-state index contributed by atoms with van der Waals surface area (Å²) in [6.07, 6.45) is 4.78. The molecule has 4 rings (SSSR count). The third-order valence-corrected chi connectivity index (χ3v) is 10.2. The minimum absolute atomic E-state index is 0.0380. The summed E-state index contributed by atoms with van der Waals surface area (Å²) >= 11 is 1.15. The number of nitrogens with two attached hydrogens (primary N) is 1. The number of thiazole rings is 1. The van der Waals surface area contributed by atoms with Crippen LogP contribution in [0.25, 0.3) is 0 Å². The molecule has 0 aliphatic carbocycles. The van der Waals surface area contributed by atoms with Gasteiger partial charge in [-0.1, -0.05) is 43.7 Å². The maximum Gasteiger partial charge on any atom is 0.247 e. The van der Waals surface area contributed by atoms with Crippen LogP contribution in [0.2, 0.25) is 0 Å². The molecule has 2 saturated heterocycles. The molecule has 0 spiro atoms. The molecule has 3 heterocycles. The van der Waals surface area contributed by atoms with Crippen LogP contribution < -0.4 is 15.8 Å². The Morgan fingerprint density at radius 3 is 2.65 bits per heavy atom. The maximum atomic E-state index is 13.6. The molecule has 3 atom stereocenters. The van der Waals surface area contributed by atoms with E-state index in [-0.39, 0.29) is 41.4 Å². The number of hydrogen-bond donors (Lipinski definition) is 4. The van der Waals surface area contributed by atoms with Gasteiger partial charge in [-0.2, -0.15) is 0 Å². The fraction of sp³-hybridized carbons (Fsp3) is 0.533. The number of guanidine groups is 1. The number of hydrogen-bond acceptors (Lipinski definition) is 9. The van der Waals surface area contributed by atoms with Crippen molar-refractivity contribution in [3.05, 3.63) is 52.5 Å². The summed E-state index contributed by atoms with van der Waals surface area (Å²) in [5.74, 6) is -2.39. The quantitative estimate of drug-likeness (QED) is 0.120. The minimum Gasteiger partial charge on any atom is -0.370 e. The van der Waals surface area contributed by atoms with E-state index in [2.05, 4.69) is 15.0 Å². The summed E-state index contributed by atoms with van der Waals surface area (Å²) in [6, 6.07) is 6.35. The van der Waals surface area contributed by atoms with E-state index in [4.69, 9.17) is 11.1 Å². The summed E-state index contributed by atoms with van der Waals surface area (Å²) in [5, 5.41) is 12.5. The van der Waals surface area contributed by atoms with Crippen molar-refractivity contribution >= 4 is 50.8 Å². The second-order valence-corrected chi connectivity index (χ2v) is 14.3. The highest BCUT2D eigenvalue weighted by molar-refractivity contribution is 7.88. The Bertz CT molecular complexity index is 1490. The fourth-order valence-corrected chi connectivity index (χ4v) is 7.54. The van der Waals surface area contributed by atoms with Crippen molar-refractivity contribution in [3.8, 4) is 0 Å². The van der Waals surface area contributed by atoms with Crippen LogP contribution in [0.3, 0.4) is 0 Å². The molecule has 16 heteroatoms. The van der Waals surface area contributed by atoms with Gasteiger partial charge in [-0.25, -0.2) is 18.1 Å². The molecule has 1 aromatic carbocycles. The SMILES string of the molecule is CCCCN1CC(=O)N(CC(=O)NC(CC2CCCN(C(=N)N)C2)C(=O)c2nccs2)C(CNS(=O)(=O)Cc2ccccc2)C1=O. The highest BCUT2D eigenvalue weighted by Gasteiger charge is 2.41. The Hall–Kier alpha value is -3.89. The number of unbranched alkanes of at least 4 members (excludes halogenated alkanes) is 1. The predicted octanol–water partition coefficient (Wildman–Crippen LogP) is 0.765. The zero-order chi connectivity index (χ0) is 33.3. The van der Waals surface area contributed by atoms with Crippen LogP contribution in [-0.2, 0) is 30.2 Å². The van der Waals surface area contributed by atoms with Gasteiger partial charge < -0.3 is 25.8 Å². The number of Topliss-reactive ketones (excluding diaryl/α,β-unsaturated/α-hetero) is 1. The lowest BCUT2D eigenvalue weighted by Crippen LogP contribution is -2.64. The standard InChI is InChI=1S/C30H42N8O6S2/c1-2-3-12-36-19-26(40)38(24(29(36)42)16-34-46(43,44)20-21-8-5-4-6-9-21)18-25(39)35-23(27(41)28-33-11-14-45-28)15-22-10-7-13-37(17-22)30(31)32/h4-6,8-9,11,14,22-24,34H,2-3,7,10,12-13,15-20H2,1H3,(H3,31,32)(H,35,39). The minimum atomic E-state index is -3.88. The van der Waals surface area contributed by atoms with E-state index >= 15 is 0 Å². The van der Waals surface area contributed by atoms with Gasteiger partial charge >= 0.3 is 0 Å². The number of nitrogens with zero attached hydrogens (tertiary/aromatic N) is 4. The Morgan fingerprint density at radius 2 is 1.98 bits per heavy atom. The number of carbonyl (C=O) groups excluding carboxylic acids is 4. The zero-order valence-corrected chi connectivity index (χ0v) is 27.5. The van der Waals surface area contributed by atoms with E-state index in [9.17, 15) is 27.6 Å². The van der Waals surface area contributed by atoms with Crippen LogP contribution in [-0.4, -0.2) is 109 Å². The molecular weight excluding hydrogens is 633 g/mol. The molecule has 2 aliphatic heterocycles. The first-order chi connectivity index (χ1) is 22.0. The summed E-state index contributed by atoms with van der Waals surface area (Å²) in [4.78, 5) is 62.2. The van der Waals surface area contributed by atoms with E-state index in [0.717, 1.165) is 35.5 Å². The summed E-state index contributed by atoms with van der Waals surface area (Å²) in [7, 11) is -3.88. The molecule has 46 heavy (non-hydrogen) atoms. The average Bonchev–Trinajstić information content (AvgIpc) is 3.57. The van der Waals surface area contributed by atoms with Gasteiger partial charge in [-0.05, 0) is 37.2 Å². The largest absolute Gasteiger partial charge is 0.370 e. The molecule has 250 valence electrons. The van der Waals surface area contributed by atoms with E-state index < -0.39 is 52.9 Å². The lowest BCUT2D eigenvalue weighted by atomic mass is 9.90. The van der Waals surface area contributed by atoms with Crippen LogP contribution in [0.1, 0.15) is 54.4 Å². The van der Waals surface area contributed by atoms with Crippen molar-refractivity contribution in [2.45, 2.75) is 56.9 Å². The smallest absolute Gasteiger partial charge is 0.247 e. The van der Waals surface area contributed by atoms with Gasteiger partial charge in [0.25, 0.3) is 0 Å². The molecule has 5 N–H and O–H groups in total. The van der Waals surface area contributed by atoms with E-state index in [1.165, 1.54) is 11.1 Å². The molecule has 2 fully saturated rings. The molecule has 0 radical (unpaired) electrons. The van der Waals surface area contributed by atoms with Crippen molar-refractivity contribution in [3.63, 3.8) is 0 Å². The van der Waals surface area contributed by atoms with Gasteiger partial charge in [0.15, 0.2) is 11.0 Å². The Labute approximate surface area is 273 Å². The number of carbonyl (C=O) groups is 4. The van der Waals surface area contributed by atoms with Crippen LogP contribution >= 0.6 is 11.3 Å². The highest BCUT2D eigenvalue weighted by Crippen LogP contribution is 2.23. The number of aromatic nitrogens is 1. The maximum absolute atomic E-state index is 13.6. The van der Waals surface area contributed by atoms with Crippen molar-refractivity contribution in [2.75, 3.05) is 39.3 Å². The molecule has 0 saturated carbocycles. The number of likely N-dealkylation sites (tertiary alicyclic amines) is 1. The average molecular weight is 675 g/mol. The molecule has 0 bridgehead atoms. The van der Waals surface area contributed by atoms with Gasteiger partial charge in [0.2, 0.25) is 33.5 Å². The van der Waals surface area contributed by atoms with Crippen molar-refractivity contribution in [1.82, 2.24) is 29.7 Å². The summed E-state index contributed by atoms with van der Waals surface area (Å²) < 4.78 is 28.3. The van der Waals surface area contributed by atoms with Crippen LogP contribution in [0, 0.1) is 11.3 Å². The number of benzene rings is 1. The van der Waals surface area contributed by atoms with Gasteiger partial charge in [0.05, 0.1) is 18.3 Å². The normalized spacial score (nSPS) is 19.6. The number of sulfonamides is 1. The first-order valence-corrected chi connectivity index (χ1v) is 17.9. The highest BCUT2D eigenvalue weighted by atomic mass is 32.2. The lowest BCUT2D eigenvalue weighted by Gasteiger charge is -2.40. The number of piperazine rings is 1. The molecule has 2 aliphatic rings. The third-order valence-electron chi connectivity index (χ3n) is 8.13. The number of piperidine rings is 1. The van der Waals surface area contributed by atoms with Crippen molar-refractivity contribution < 1.29 is 27.6 Å². The van der Waals surface area contributed by atoms with Crippen LogP contribution in [0.5, 0.6) is 0 Å². The van der Waals surface area contributed by atoms with Gasteiger partial charge in [0.1, 0.15) is 12.6 Å². The molecule has 2 aromatic rings. The molecule has 1 aromatic heterocycles. The lowest BCUT2D eigenvalue weighted by molar-refractivity contribution is -0.157. The first kappa shape index (κ1) is 35.0. The number of rotatable bonds is 15. The molecule has 14 nitrogen and oxygen atoms in total. The number of nitrogens with one attached hydrogen (secondary N) is 3. The Balaban J connectivity index is 1.50. The van der Waals surface area contributed by atoms with Gasteiger partial charge in [-0.3, -0.25) is 24.6 Å². The van der Waals surface area contributed by atoms with Crippen LogP contribution in [0.4, 0.5) is 0 Å².